The lowest BCUT2D eigenvalue weighted by atomic mass is 10.2. The molecule has 0 aliphatic carbocycles. The molecular formula is C22H19BrN2O4. The predicted octanol–water partition coefficient (Wildman–Crippen LogP) is 4.62. The fraction of sp³-hybridized carbons (Fsp3) is 0.0909. The van der Waals surface area contributed by atoms with E-state index in [1.165, 1.54) is 7.11 Å². The van der Waals surface area contributed by atoms with Crippen molar-refractivity contribution < 1.29 is 19.1 Å². The van der Waals surface area contributed by atoms with Crippen molar-refractivity contribution in [2.75, 3.05) is 19.0 Å². The number of carbonyl (C=O) groups is 2. The van der Waals surface area contributed by atoms with Crippen molar-refractivity contribution in [3.8, 4) is 17.2 Å². The maximum atomic E-state index is 12.2. The molecule has 0 radical (unpaired) electrons. The highest BCUT2D eigenvalue weighted by Gasteiger charge is 2.12. The van der Waals surface area contributed by atoms with Crippen molar-refractivity contribution in [2.24, 2.45) is 0 Å². The molecule has 148 valence electrons. The van der Waals surface area contributed by atoms with Gasteiger partial charge in [-0.25, -0.2) is 0 Å². The van der Waals surface area contributed by atoms with E-state index < -0.39 is 0 Å². The average Bonchev–Trinajstić information content (AvgIpc) is 2.75. The third kappa shape index (κ3) is 5.83. The second kappa shape index (κ2) is 9.75. The van der Waals surface area contributed by atoms with Crippen molar-refractivity contribution in [1.29, 1.82) is 0 Å². The van der Waals surface area contributed by atoms with Crippen molar-refractivity contribution in [3.63, 3.8) is 0 Å². The molecule has 7 heteroatoms. The summed E-state index contributed by atoms with van der Waals surface area (Å²) in [5.41, 5.74) is 0.974. The third-order valence-electron chi connectivity index (χ3n) is 3.95. The minimum absolute atomic E-state index is 0.159. The summed E-state index contributed by atoms with van der Waals surface area (Å²) in [6, 6.07) is 21.3. The maximum absolute atomic E-state index is 12.2. The summed E-state index contributed by atoms with van der Waals surface area (Å²) in [7, 11) is 1.49. The summed E-state index contributed by atoms with van der Waals surface area (Å²) >= 11 is 3.38. The van der Waals surface area contributed by atoms with Gasteiger partial charge in [-0.15, -0.1) is 0 Å². The van der Waals surface area contributed by atoms with Crippen molar-refractivity contribution >= 4 is 33.4 Å². The Morgan fingerprint density at radius 1 is 0.897 bits per heavy atom. The van der Waals surface area contributed by atoms with Crippen LogP contribution in [0.15, 0.2) is 77.3 Å². The van der Waals surface area contributed by atoms with E-state index in [4.69, 9.17) is 9.47 Å². The van der Waals surface area contributed by atoms with E-state index in [9.17, 15) is 9.59 Å². The summed E-state index contributed by atoms with van der Waals surface area (Å²) in [6.45, 7) is -0.159. The van der Waals surface area contributed by atoms with Gasteiger partial charge in [0.25, 0.3) is 5.91 Å². The quantitative estimate of drug-likeness (QED) is 0.545. The number of halogens is 1. The normalized spacial score (nSPS) is 10.1. The number of ether oxygens (including phenoxy) is 2. The molecule has 0 fully saturated rings. The molecule has 0 saturated heterocycles. The summed E-state index contributed by atoms with van der Waals surface area (Å²) in [4.78, 5) is 24.3. The van der Waals surface area contributed by atoms with Gasteiger partial charge in [-0.1, -0.05) is 28.1 Å². The minimum Gasteiger partial charge on any atom is -0.496 e. The number of methoxy groups -OCH3 is 1. The number of hydrogen-bond acceptors (Lipinski definition) is 4. The Morgan fingerprint density at radius 3 is 2.17 bits per heavy atom. The zero-order chi connectivity index (χ0) is 20.6. The SMILES string of the molecule is COc1ccccc1C(=O)NCC(=O)Nc1ccc(Oc2ccc(Br)cc2)cc1. The van der Waals surface area contributed by atoms with Crippen molar-refractivity contribution in [3.05, 3.63) is 82.8 Å². The molecule has 3 aromatic carbocycles. The summed E-state index contributed by atoms with van der Waals surface area (Å²) in [5.74, 6) is 1.09. The monoisotopic (exact) mass is 454 g/mol. The van der Waals surface area contributed by atoms with Gasteiger partial charge in [0.15, 0.2) is 0 Å². The number of rotatable bonds is 7. The number of benzene rings is 3. The van der Waals surface area contributed by atoms with Gasteiger partial charge < -0.3 is 20.1 Å². The summed E-state index contributed by atoms with van der Waals surface area (Å²) in [6.07, 6.45) is 0. The highest BCUT2D eigenvalue weighted by molar-refractivity contribution is 9.10. The van der Waals surface area contributed by atoms with Crippen molar-refractivity contribution in [1.82, 2.24) is 5.32 Å². The molecule has 3 rings (SSSR count). The van der Waals surface area contributed by atoms with Crippen LogP contribution in [-0.4, -0.2) is 25.5 Å². The molecule has 2 amide bonds. The summed E-state index contributed by atoms with van der Waals surface area (Å²) < 4.78 is 11.9. The molecule has 6 nitrogen and oxygen atoms in total. The van der Waals surface area contributed by atoms with E-state index in [0.717, 1.165) is 4.47 Å². The zero-order valence-corrected chi connectivity index (χ0v) is 17.2. The van der Waals surface area contributed by atoms with E-state index >= 15 is 0 Å². The van der Waals surface area contributed by atoms with Crippen LogP contribution in [0.1, 0.15) is 10.4 Å². The molecule has 0 unspecified atom stereocenters. The minimum atomic E-state index is -0.379. The van der Waals surface area contributed by atoms with Crippen LogP contribution in [0.3, 0.4) is 0 Å². The van der Waals surface area contributed by atoms with Gasteiger partial charge in [0, 0.05) is 10.2 Å². The van der Waals surface area contributed by atoms with E-state index in [2.05, 4.69) is 26.6 Å². The first-order valence-electron chi connectivity index (χ1n) is 8.80. The Bertz CT molecular complexity index is 988. The van der Waals surface area contributed by atoms with Gasteiger partial charge in [-0.3, -0.25) is 9.59 Å². The number of amides is 2. The molecule has 0 aliphatic heterocycles. The van der Waals surface area contributed by atoms with E-state index in [1.807, 2.05) is 24.3 Å². The largest absolute Gasteiger partial charge is 0.496 e. The smallest absolute Gasteiger partial charge is 0.255 e. The predicted molar refractivity (Wildman–Crippen MR) is 115 cm³/mol. The van der Waals surface area contributed by atoms with Gasteiger partial charge in [-0.2, -0.15) is 0 Å². The molecular weight excluding hydrogens is 436 g/mol. The van der Waals surface area contributed by atoms with Gasteiger partial charge in [0.2, 0.25) is 5.91 Å². The fourth-order valence-electron chi connectivity index (χ4n) is 2.54. The Labute approximate surface area is 177 Å². The third-order valence-corrected chi connectivity index (χ3v) is 4.48. The Hall–Kier alpha value is -3.32. The number of hydrogen-bond donors (Lipinski definition) is 2. The van der Waals surface area contributed by atoms with Crippen molar-refractivity contribution in [2.45, 2.75) is 0 Å². The van der Waals surface area contributed by atoms with Gasteiger partial charge in [0.05, 0.1) is 19.2 Å². The molecule has 2 N–H and O–H groups in total. The molecule has 0 spiro atoms. The van der Waals surface area contributed by atoms with Crippen LogP contribution < -0.4 is 20.1 Å². The molecule has 0 aromatic heterocycles. The van der Waals surface area contributed by atoms with Crippen LogP contribution in [-0.2, 0) is 4.79 Å². The Morgan fingerprint density at radius 2 is 1.52 bits per heavy atom. The van der Waals surface area contributed by atoms with Crippen LogP contribution >= 0.6 is 15.9 Å². The lowest BCUT2D eigenvalue weighted by Crippen LogP contribution is -2.33. The number of nitrogens with one attached hydrogen (secondary N) is 2. The molecule has 29 heavy (non-hydrogen) atoms. The van der Waals surface area contributed by atoms with Crippen LogP contribution in [0, 0.1) is 0 Å². The van der Waals surface area contributed by atoms with E-state index in [1.54, 1.807) is 48.5 Å². The van der Waals surface area contributed by atoms with Crippen LogP contribution in [0.2, 0.25) is 0 Å². The first-order valence-corrected chi connectivity index (χ1v) is 9.59. The lowest BCUT2D eigenvalue weighted by molar-refractivity contribution is -0.115. The first kappa shape index (κ1) is 20.4. The lowest BCUT2D eigenvalue weighted by Gasteiger charge is -2.10. The van der Waals surface area contributed by atoms with Gasteiger partial charge >= 0.3 is 0 Å². The molecule has 0 bridgehead atoms. The zero-order valence-electron chi connectivity index (χ0n) is 15.6. The number of anilines is 1. The molecule has 0 saturated carbocycles. The molecule has 0 aliphatic rings. The highest BCUT2D eigenvalue weighted by Crippen LogP contribution is 2.24. The fourth-order valence-corrected chi connectivity index (χ4v) is 2.80. The highest BCUT2D eigenvalue weighted by atomic mass is 79.9. The first-order chi connectivity index (χ1) is 14.0. The summed E-state index contributed by atoms with van der Waals surface area (Å²) in [5, 5.41) is 5.31. The number of para-hydroxylation sites is 1. The van der Waals surface area contributed by atoms with Gasteiger partial charge in [0.1, 0.15) is 17.2 Å². The Kier molecular flexibility index (Phi) is 6.86. The molecule has 0 heterocycles. The van der Waals surface area contributed by atoms with Gasteiger partial charge in [-0.05, 0) is 60.7 Å². The average molecular weight is 455 g/mol. The van der Waals surface area contributed by atoms with Crippen LogP contribution in [0.4, 0.5) is 5.69 Å². The topological polar surface area (TPSA) is 76.7 Å². The Balaban J connectivity index is 1.51. The second-order valence-corrected chi connectivity index (χ2v) is 6.93. The molecule has 0 atom stereocenters. The standard InChI is InChI=1S/C22H19BrN2O4/c1-28-20-5-3-2-4-19(20)22(27)24-14-21(26)25-16-8-12-18(13-9-16)29-17-10-6-15(23)7-11-17/h2-13H,14H2,1H3,(H,24,27)(H,25,26). The maximum Gasteiger partial charge on any atom is 0.255 e. The van der Waals surface area contributed by atoms with Crippen LogP contribution in [0.25, 0.3) is 0 Å². The molecule has 3 aromatic rings. The van der Waals surface area contributed by atoms with E-state index in [-0.39, 0.29) is 18.4 Å². The second-order valence-electron chi connectivity index (χ2n) is 6.01. The number of carbonyl (C=O) groups excluding carboxylic acids is 2. The van der Waals surface area contributed by atoms with Crippen LogP contribution in [0.5, 0.6) is 17.2 Å². The van der Waals surface area contributed by atoms with E-state index in [0.29, 0.717) is 28.5 Å².